The molecule has 2 heterocycles. The Morgan fingerprint density at radius 2 is 2.23 bits per heavy atom. The Bertz CT molecular complexity index is 983. The Morgan fingerprint density at radius 3 is 2.93 bits per heavy atom. The van der Waals surface area contributed by atoms with Gasteiger partial charge in [-0.15, -0.1) is 11.3 Å². The molecule has 1 unspecified atom stereocenters. The van der Waals surface area contributed by atoms with E-state index < -0.39 is 0 Å². The highest BCUT2D eigenvalue weighted by Gasteiger charge is 2.27. The molecule has 8 heteroatoms. The van der Waals surface area contributed by atoms with Crippen LogP contribution in [0.25, 0.3) is 6.08 Å². The molecule has 2 N–H and O–H groups in total. The van der Waals surface area contributed by atoms with Crippen LogP contribution in [0.5, 0.6) is 0 Å². The number of alkyl carbamates (subject to hydrolysis) is 1. The minimum atomic E-state index is -0.342. The number of amides is 2. The number of hydrogen-bond acceptors (Lipinski definition) is 6. The molecular weight excluding hydrogens is 402 g/mol. The van der Waals surface area contributed by atoms with Crippen molar-refractivity contribution in [2.24, 2.45) is 5.92 Å². The maximum absolute atomic E-state index is 12.2. The minimum absolute atomic E-state index is 0.220. The van der Waals surface area contributed by atoms with E-state index in [0.717, 1.165) is 49.0 Å². The van der Waals surface area contributed by atoms with Crippen LogP contribution < -0.4 is 10.6 Å². The van der Waals surface area contributed by atoms with Gasteiger partial charge in [0.1, 0.15) is 16.8 Å². The number of nitrogens with zero attached hydrogens (tertiary/aromatic N) is 1. The van der Waals surface area contributed by atoms with Gasteiger partial charge in [-0.1, -0.05) is 0 Å². The number of thiophene rings is 1. The Balaban J connectivity index is 1.35. The molecule has 0 aromatic carbocycles. The second kappa shape index (κ2) is 9.18. The zero-order valence-corrected chi connectivity index (χ0v) is 17.3. The molecule has 0 spiro atoms. The lowest BCUT2D eigenvalue weighted by Gasteiger charge is -2.27. The van der Waals surface area contributed by atoms with Crippen molar-refractivity contribution >= 4 is 34.4 Å². The summed E-state index contributed by atoms with van der Waals surface area (Å²) in [5, 5.41) is 15.9. The second-order valence-electron chi connectivity index (χ2n) is 7.64. The summed E-state index contributed by atoms with van der Waals surface area (Å²) in [4.78, 5) is 25.2. The third-order valence-corrected chi connectivity index (χ3v) is 6.71. The number of nitrogens with one attached hydrogen (secondary N) is 2. The van der Waals surface area contributed by atoms with Gasteiger partial charge in [0.05, 0.1) is 18.4 Å². The van der Waals surface area contributed by atoms with Crippen molar-refractivity contribution in [3.05, 3.63) is 46.2 Å². The monoisotopic (exact) mass is 425 g/mol. The van der Waals surface area contributed by atoms with Crippen LogP contribution in [0.1, 0.15) is 47.4 Å². The van der Waals surface area contributed by atoms with Gasteiger partial charge >= 0.3 is 6.09 Å². The third-order valence-electron chi connectivity index (χ3n) is 5.54. The Morgan fingerprint density at radius 1 is 1.37 bits per heavy atom. The fourth-order valence-electron chi connectivity index (χ4n) is 3.65. The van der Waals surface area contributed by atoms with Gasteiger partial charge in [0.25, 0.3) is 0 Å². The highest BCUT2D eigenvalue weighted by Crippen LogP contribution is 2.39. The molecule has 1 saturated carbocycles. The van der Waals surface area contributed by atoms with Crippen LogP contribution in [0, 0.1) is 17.2 Å². The summed E-state index contributed by atoms with van der Waals surface area (Å²) < 4.78 is 10.6. The lowest BCUT2D eigenvalue weighted by atomic mass is 9.88. The van der Waals surface area contributed by atoms with Gasteiger partial charge in [0.2, 0.25) is 5.91 Å². The van der Waals surface area contributed by atoms with Gasteiger partial charge in [-0.25, -0.2) is 4.79 Å². The highest BCUT2D eigenvalue weighted by molar-refractivity contribution is 7.16. The zero-order valence-electron chi connectivity index (χ0n) is 16.5. The van der Waals surface area contributed by atoms with Gasteiger partial charge in [0, 0.05) is 17.0 Å². The van der Waals surface area contributed by atoms with Crippen LogP contribution in [0.4, 0.5) is 9.80 Å². The molecule has 0 bridgehead atoms. The van der Waals surface area contributed by atoms with Gasteiger partial charge in [0.15, 0.2) is 0 Å². The number of carbonyl (C=O) groups excluding carboxylic acids is 2. The van der Waals surface area contributed by atoms with E-state index in [0.29, 0.717) is 22.9 Å². The number of nitriles is 1. The van der Waals surface area contributed by atoms with Gasteiger partial charge in [-0.2, -0.15) is 5.26 Å². The van der Waals surface area contributed by atoms with Crippen LogP contribution in [-0.2, 0) is 22.4 Å². The first kappa shape index (κ1) is 20.2. The number of furan rings is 1. The molecule has 4 rings (SSSR count). The summed E-state index contributed by atoms with van der Waals surface area (Å²) >= 11 is 1.43. The van der Waals surface area contributed by atoms with Crippen molar-refractivity contribution in [1.29, 1.82) is 5.26 Å². The van der Waals surface area contributed by atoms with Crippen LogP contribution in [-0.4, -0.2) is 24.6 Å². The largest absolute Gasteiger partial charge is 0.465 e. The average molecular weight is 426 g/mol. The normalized spacial score (nSPS) is 18.3. The molecule has 1 fully saturated rings. The second-order valence-corrected chi connectivity index (χ2v) is 8.74. The molecule has 2 aromatic heterocycles. The Hall–Kier alpha value is -3.05. The zero-order chi connectivity index (χ0) is 20.9. The molecule has 0 saturated heterocycles. The van der Waals surface area contributed by atoms with E-state index in [1.54, 1.807) is 18.2 Å². The van der Waals surface area contributed by atoms with Crippen LogP contribution in [0.3, 0.4) is 0 Å². The molecule has 2 aliphatic rings. The predicted molar refractivity (Wildman–Crippen MR) is 113 cm³/mol. The molecule has 2 aliphatic carbocycles. The summed E-state index contributed by atoms with van der Waals surface area (Å²) in [6.07, 6.45) is 9.70. The van der Waals surface area contributed by atoms with E-state index in [1.807, 2.05) is 0 Å². The lowest BCUT2D eigenvalue weighted by Crippen LogP contribution is -2.40. The maximum atomic E-state index is 12.2. The summed E-state index contributed by atoms with van der Waals surface area (Å²) in [7, 11) is 0. The number of rotatable bonds is 6. The minimum Gasteiger partial charge on any atom is -0.465 e. The lowest BCUT2D eigenvalue weighted by molar-refractivity contribution is -0.111. The molecular formula is C22H23N3O4S. The number of hydrogen-bond donors (Lipinski definition) is 2. The standard InChI is InChI=1S/C22H23N3O4S/c23-12-18-17-8-6-14(13-29-22(27)24-15-3-1-4-15)11-19(17)30-21(18)25-20(26)9-7-16-5-2-10-28-16/h2,5,7,9-10,14-15H,1,3-4,6,8,11,13H2,(H,24,27)(H,25,26)/b9-7+. The van der Waals surface area contributed by atoms with E-state index in [9.17, 15) is 14.9 Å². The number of fused-ring (bicyclic) bond motifs is 1. The first-order chi connectivity index (χ1) is 14.6. The predicted octanol–water partition coefficient (Wildman–Crippen LogP) is 4.25. The van der Waals surface area contributed by atoms with Gasteiger partial charge < -0.3 is 19.8 Å². The molecule has 156 valence electrons. The molecule has 1 atom stereocenters. The van der Waals surface area contributed by atoms with Crippen LogP contribution in [0.2, 0.25) is 0 Å². The fourth-order valence-corrected chi connectivity index (χ4v) is 4.97. The molecule has 7 nitrogen and oxygen atoms in total. The van der Waals surface area contributed by atoms with Gasteiger partial charge in [-0.3, -0.25) is 4.79 Å². The average Bonchev–Trinajstić information content (AvgIpc) is 3.34. The summed E-state index contributed by atoms with van der Waals surface area (Å²) in [6, 6.07) is 6.00. The number of carbonyl (C=O) groups is 2. The first-order valence-electron chi connectivity index (χ1n) is 10.1. The van der Waals surface area contributed by atoms with Crippen molar-refractivity contribution in [3.8, 4) is 6.07 Å². The van der Waals surface area contributed by atoms with Crippen molar-refractivity contribution in [3.63, 3.8) is 0 Å². The van der Waals surface area contributed by atoms with E-state index in [1.165, 1.54) is 23.7 Å². The third kappa shape index (κ3) is 4.74. The molecule has 2 aromatic rings. The van der Waals surface area contributed by atoms with Crippen molar-refractivity contribution in [1.82, 2.24) is 5.32 Å². The highest BCUT2D eigenvalue weighted by atomic mass is 32.1. The molecule has 30 heavy (non-hydrogen) atoms. The molecule has 0 aliphatic heterocycles. The summed E-state index contributed by atoms with van der Waals surface area (Å²) in [5.41, 5.74) is 1.54. The van der Waals surface area contributed by atoms with E-state index >= 15 is 0 Å². The Labute approximate surface area is 178 Å². The van der Waals surface area contributed by atoms with Crippen molar-refractivity contribution < 1.29 is 18.7 Å². The van der Waals surface area contributed by atoms with Gasteiger partial charge in [-0.05, 0) is 68.2 Å². The maximum Gasteiger partial charge on any atom is 0.407 e. The van der Waals surface area contributed by atoms with E-state index in [-0.39, 0.29) is 24.0 Å². The van der Waals surface area contributed by atoms with E-state index in [2.05, 4.69) is 16.7 Å². The van der Waals surface area contributed by atoms with E-state index in [4.69, 9.17) is 9.15 Å². The molecule has 0 radical (unpaired) electrons. The smallest absolute Gasteiger partial charge is 0.407 e. The quantitative estimate of drug-likeness (QED) is 0.674. The van der Waals surface area contributed by atoms with Crippen molar-refractivity contribution in [2.45, 2.75) is 44.6 Å². The van der Waals surface area contributed by atoms with Crippen LogP contribution >= 0.6 is 11.3 Å². The van der Waals surface area contributed by atoms with Crippen molar-refractivity contribution in [2.75, 3.05) is 11.9 Å². The van der Waals surface area contributed by atoms with Crippen LogP contribution in [0.15, 0.2) is 28.9 Å². The summed E-state index contributed by atoms with van der Waals surface area (Å²) in [5.74, 6) is 0.492. The first-order valence-corrected chi connectivity index (χ1v) is 10.9. The Kier molecular flexibility index (Phi) is 6.19. The number of ether oxygens (including phenoxy) is 1. The SMILES string of the molecule is N#Cc1c(NC(=O)/C=C/c2ccco2)sc2c1CCC(COC(=O)NC1CCC1)C2. The topological polar surface area (TPSA) is 104 Å². The summed E-state index contributed by atoms with van der Waals surface area (Å²) in [6.45, 7) is 0.366. The number of anilines is 1. The fraction of sp³-hybridized carbons (Fsp3) is 0.409. The molecule has 2 amide bonds.